The van der Waals surface area contributed by atoms with E-state index < -0.39 is 0 Å². The second kappa shape index (κ2) is 6.19. The Morgan fingerprint density at radius 3 is 2.73 bits per heavy atom. The van der Waals surface area contributed by atoms with Crippen molar-refractivity contribution in [3.63, 3.8) is 0 Å². The van der Waals surface area contributed by atoms with E-state index in [2.05, 4.69) is 15.5 Å². The average Bonchev–Trinajstić information content (AvgIpc) is 3.18. The number of aromatic nitrogens is 2. The molecule has 2 atom stereocenters. The van der Waals surface area contributed by atoms with Crippen LogP contribution in [0.25, 0.3) is 0 Å². The van der Waals surface area contributed by atoms with Crippen LogP contribution < -0.4 is 10.2 Å². The fourth-order valence-electron chi connectivity index (χ4n) is 2.63. The molecule has 1 aromatic heterocycles. The van der Waals surface area contributed by atoms with Crippen LogP contribution >= 0.6 is 0 Å². The molecule has 2 N–H and O–H groups in total. The molecule has 1 aromatic carbocycles. The Morgan fingerprint density at radius 2 is 2.09 bits per heavy atom. The van der Waals surface area contributed by atoms with Gasteiger partial charge in [0.15, 0.2) is 0 Å². The molecule has 1 aliphatic rings. The van der Waals surface area contributed by atoms with Crippen molar-refractivity contribution in [2.24, 2.45) is 0 Å². The molecule has 6 heteroatoms. The summed E-state index contributed by atoms with van der Waals surface area (Å²) in [6.45, 7) is 0.633. The fourth-order valence-corrected chi connectivity index (χ4v) is 2.63. The normalized spacial score (nSPS) is 20.8. The minimum Gasteiger partial charge on any atom is -0.378 e. The maximum atomic E-state index is 12.4. The highest BCUT2D eigenvalue weighted by molar-refractivity contribution is 5.94. The second-order valence-corrected chi connectivity index (χ2v) is 5.61. The molecule has 0 saturated carbocycles. The molecule has 0 unspecified atom stereocenters. The molecule has 1 amide bonds. The van der Waals surface area contributed by atoms with E-state index >= 15 is 0 Å². The number of ether oxygens (including phenoxy) is 1. The molecule has 1 saturated heterocycles. The molecule has 2 heterocycles. The van der Waals surface area contributed by atoms with E-state index in [1.807, 2.05) is 49.3 Å². The topological polar surface area (TPSA) is 70.2 Å². The van der Waals surface area contributed by atoms with Crippen LogP contribution in [0.2, 0.25) is 0 Å². The van der Waals surface area contributed by atoms with Gasteiger partial charge in [0.25, 0.3) is 5.91 Å². The second-order valence-electron chi connectivity index (χ2n) is 5.61. The Kier molecular flexibility index (Phi) is 4.11. The molecule has 6 nitrogen and oxygen atoms in total. The maximum absolute atomic E-state index is 12.4. The van der Waals surface area contributed by atoms with Crippen LogP contribution in [-0.2, 0) is 4.74 Å². The first kappa shape index (κ1) is 14.6. The largest absolute Gasteiger partial charge is 0.378 e. The van der Waals surface area contributed by atoms with E-state index in [-0.39, 0.29) is 18.1 Å². The summed E-state index contributed by atoms with van der Waals surface area (Å²) in [5.74, 6) is -0.0784. The van der Waals surface area contributed by atoms with Crippen molar-refractivity contribution in [1.82, 2.24) is 15.5 Å². The summed E-state index contributed by atoms with van der Waals surface area (Å²) in [7, 11) is 3.94. The van der Waals surface area contributed by atoms with Crippen molar-refractivity contribution < 1.29 is 9.53 Å². The van der Waals surface area contributed by atoms with Crippen LogP contribution in [0.15, 0.2) is 36.5 Å². The lowest BCUT2D eigenvalue weighted by atomic mass is 10.1. The van der Waals surface area contributed by atoms with Crippen molar-refractivity contribution in [1.29, 1.82) is 0 Å². The highest BCUT2D eigenvalue weighted by atomic mass is 16.5. The minimum absolute atomic E-state index is 0.0403. The van der Waals surface area contributed by atoms with E-state index in [0.717, 1.165) is 17.8 Å². The van der Waals surface area contributed by atoms with Crippen molar-refractivity contribution in [2.75, 3.05) is 25.6 Å². The van der Waals surface area contributed by atoms with Crippen LogP contribution in [0.4, 0.5) is 5.69 Å². The van der Waals surface area contributed by atoms with Crippen LogP contribution in [0.1, 0.15) is 28.6 Å². The molecule has 0 bridgehead atoms. The molecule has 22 heavy (non-hydrogen) atoms. The van der Waals surface area contributed by atoms with Crippen molar-refractivity contribution in [3.8, 4) is 0 Å². The first-order valence-electron chi connectivity index (χ1n) is 7.34. The number of benzene rings is 1. The van der Waals surface area contributed by atoms with E-state index in [1.165, 1.54) is 0 Å². The molecular formula is C16H20N4O2. The third-order valence-corrected chi connectivity index (χ3v) is 3.88. The molecule has 2 aromatic rings. The summed E-state index contributed by atoms with van der Waals surface area (Å²) in [5, 5.41) is 9.91. The molecule has 0 radical (unpaired) electrons. The third kappa shape index (κ3) is 2.96. The summed E-state index contributed by atoms with van der Waals surface area (Å²) in [5.41, 5.74) is 2.61. The Balaban J connectivity index is 1.68. The summed E-state index contributed by atoms with van der Waals surface area (Å²) in [6.07, 6.45) is 2.33. The molecule has 0 spiro atoms. The molecular weight excluding hydrogens is 280 g/mol. The van der Waals surface area contributed by atoms with E-state index in [1.54, 1.807) is 6.20 Å². The smallest absolute Gasteiger partial charge is 0.251 e. The van der Waals surface area contributed by atoms with Gasteiger partial charge in [0.05, 0.1) is 11.7 Å². The van der Waals surface area contributed by atoms with Gasteiger partial charge in [-0.15, -0.1) is 0 Å². The summed E-state index contributed by atoms with van der Waals surface area (Å²) in [4.78, 5) is 14.4. The predicted octanol–water partition coefficient (Wildman–Crippen LogP) is 1.74. The van der Waals surface area contributed by atoms with Gasteiger partial charge in [-0.05, 0) is 36.8 Å². The van der Waals surface area contributed by atoms with Gasteiger partial charge in [0.2, 0.25) is 0 Å². The lowest BCUT2D eigenvalue weighted by Crippen LogP contribution is -2.36. The van der Waals surface area contributed by atoms with Crippen LogP contribution in [-0.4, -0.2) is 42.8 Å². The number of H-pyrrole nitrogens is 1. The van der Waals surface area contributed by atoms with E-state index in [4.69, 9.17) is 4.74 Å². The first-order valence-corrected chi connectivity index (χ1v) is 7.34. The SMILES string of the molecule is CN(C)c1ccc(C(=O)N[C@@H]2CCO[C@H]2c2ccn[nH]2)cc1. The van der Waals surface area contributed by atoms with E-state index in [0.29, 0.717) is 12.2 Å². The lowest BCUT2D eigenvalue weighted by molar-refractivity contribution is 0.0807. The van der Waals surface area contributed by atoms with Gasteiger partial charge in [-0.2, -0.15) is 5.10 Å². The Morgan fingerprint density at radius 1 is 1.32 bits per heavy atom. The lowest BCUT2D eigenvalue weighted by Gasteiger charge is -2.19. The van der Waals surface area contributed by atoms with Gasteiger partial charge in [-0.3, -0.25) is 9.89 Å². The predicted molar refractivity (Wildman–Crippen MR) is 83.9 cm³/mol. The number of nitrogens with one attached hydrogen (secondary N) is 2. The summed E-state index contributed by atoms with van der Waals surface area (Å²) >= 11 is 0. The first-order chi connectivity index (χ1) is 10.6. The zero-order valence-electron chi connectivity index (χ0n) is 12.7. The minimum atomic E-state index is -0.160. The van der Waals surface area contributed by atoms with Gasteiger partial charge in [-0.1, -0.05) is 0 Å². The number of anilines is 1. The van der Waals surface area contributed by atoms with Crippen molar-refractivity contribution >= 4 is 11.6 Å². The van der Waals surface area contributed by atoms with Crippen LogP contribution in [0.5, 0.6) is 0 Å². The van der Waals surface area contributed by atoms with Crippen LogP contribution in [0.3, 0.4) is 0 Å². The van der Waals surface area contributed by atoms with Gasteiger partial charge < -0.3 is 15.0 Å². The van der Waals surface area contributed by atoms with Crippen LogP contribution in [0, 0.1) is 0 Å². The standard InChI is InChI=1S/C16H20N4O2/c1-20(2)12-5-3-11(4-6-12)16(21)18-13-8-10-22-15(13)14-7-9-17-19-14/h3-7,9,13,15H,8,10H2,1-2H3,(H,17,19)(H,18,21)/t13-,15-/m1/s1. The number of rotatable bonds is 4. The molecule has 1 aliphatic heterocycles. The van der Waals surface area contributed by atoms with Gasteiger partial charge in [0, 0.05) is 38.1 Å². The van der Waals surface area contributed by atoms with Crippen molar-refractivity contribution in [3.05, 3.63) is 47.8 Å². The highest BCUT2D eigenvalue weighted by Gasteiger charge is 2.32. The van der Waals surface area contributed by atoms with Crippen molar-refractivity contribution in [2.45, 2.75) is 18.6 Å². The third-order valence-electron chi connectivity index (χ3n) is 3.88. The van der Waals surface area contributed by atoms with Gasteiger partial charge in [-0.25, -0.2) is 0 Å². The Hall–Kier alpha value is -2.34. The quantitative estimate of drug-likeness (QED) is 0.902. The number of aromatic amines is 1. The molecule has 0 aliphatic carbocycles. The average molecular weight is 300 g/mol. The number of nitrogens with zero attached hydrogens (tertiary/aromatic N) is 2. The monoisotopic (exact) mass is 300 g/mol. The number of hydrogen-bond donors (Lipinski definition) is 2. The number of carbonyl (C=O) groups excluding carboxylic acids is 1. The Labute approximate surface area is 129 Å². The highest BCUT2D eigenvalue weighted by Crippen LogP contribution is 2.27. The van der Waals surface area contributed by atoms with E-state index in [9.17, 15) is 4.79 Å². The number of carbonyl (C=O) groups is 1. The molecule has 1 fully saturated rings. The number of hydrogen-bond acceptors (Lipinski definition) is 4. The summed E-state index contributed by atoms with van der Waals surface area (Å²) < 4.78 is 5.70. The zero-order chi connectivity index (χ0) is 15.5. The molecule has 116 valence electrons. The molecule has 3 rings (SSSR count). The maximum Gasteiger partial charge on any atom is 0.251 e. The van der Waals surface area contributed by atoms with Gasteiger partial charge >= 0.3 is 0 Å². The Bertz CT molecular complexity index is 622. The fraction of sp³-hybridized carbons (Fsp3) is 0.375. The number of amides is 1. The summed E-state index contributed by atoms with van der Waals surface area (Å²) in [6, 6.07) is 9.39. The van der Waals surface area contributed by atoms with Gasteiger partial charge in [0.1, 0.15) is 6.10 Å². The zero-order valence-corrected chi connectivity index (χ0v) is 12.7.